The van der Waals surface area contributed by atoms with Crippen LogP contribution in [0.1, 0.15) is 36.5 Å². The number of nitrogens with zero attached hydrogens (tertiary/aromatic N) is 2. The van der Waals surface area contributed by atoms with Crippen molar-refractivity contribution in [1.29, 1.82) is 0 Å². The van der Waals surface area contributed by atoms with E-state index in [-0.39, 0.29) is 11.6 Å². The van der Waals surface area contributed by atoms with E-state index in [1.807, 2.05) is 0 Å². The van der Waals surface area contributed by atoms with Gasteiger partial charge >= 0.3 is 0 Å². The van der Waals surface area contributed by atoms with Gasteiger partial charge in [-0.25, -0.2) is 4.98 Å². The van der Waals surface area contributed by atoms with Gasteiger partial charge in [-0.15, -0.1) is 0 Å². The van der Waals surface area contributed by atoms with Crippen molar-refractivity contribution in [2.24, 2.45) is 0 Å². The number of nitro benzene ring substituents is 1. The van der Waals surface area contributed by atoms with Gasteiger partial charge in [0.05, 0.1) is 21.7 Å². The topological polar surface area (TPSA) is 94.4 Å². The van der Waals surface area contributed by atoms with Gasteiger partial charge in [0.2, 0.25) is 0 Å². The molecule has 1 N–H and O–H groups in total. The number of hydrogen-bond donors (Lipinski definition) is 1. The fraction of sp³-hybridized carbons (Fsp3) is 0.263. The molecule has 0 aliphatic carbocycles. The molecule has 0 spiro atoms. The van der Waals surface area contributed by atoms with Crippen molar-refractivity contribution in [2.75, 3.05) is 11.9 Å². The number of nitro groups is 1. The molecule has 0 aliphatic rings. The lowest BCUT2D eigenvalue weighted by Crippen LogP contribution is -2.11. The van der Waals surface area contributed by atoms with Crippen LogP contribution in [0.2, 0.25) is 0 Å². The Balaban J connectivity index is 1.64. The minimum atomic E-state index is -0.469. The molecule has 3 rings (SSSR count). The van der Waals surface area contributed by atoms with Crippen molar-refractivity contribution >= 4 is 38.3 Å². The first kappa shape index (κ1) is 18.8. The molecule has 0 radical (unpaired) electrons. The molecular weight excluding hydrogens is 366 g/mol. The van der Waals surface area contributed by atoms with Crippen LogP contribution in [0.4, 0.5) is 10.8 Å². The number of nitrogens with one attached hydrogen (secondary N) is 1. The highest BCUT2D eigenvalue weighted by molar-refractivity contribution is 7.22. The molecule has 1 heterocycles. The van der Waals surface area contributed by atoms with E-state index in [4.69, 9.17) is 4.74 Å². The number of carbonyl (C=O) groups is 1. The summed E-state index contributed by atoms with van der Waals surface area (Å²) in [7, 11) is 0. The van der Waals surface area contributed by atoms with Gasteiger partial charge in [0.15, 0.2) is 5.13 Å². The molecular formula is C19H19N3O4S. The summed E-state index contributed by atoms with van der Waals surface area (Å²) in [6, 6.07) is 11.4. The zero-order valence-electron chi connectivity index (χ0n) is 14.8. The molecule has 0 fully saturated rings. The van der Waals surface area contributed by atoms with Gasteiger partial charge in [-0.3, -0.25) is 20.2 Å². The number of ether oxygens (including phenoxy) is 1. The Bertz CT molecular complexity index is 953. The summed E-state index contributed by atoms with van der Waals surface area (Å²) >= 11 is 1.27. The van der Waals surface area contributed by atoms with E-state index in [1.54, 1.807) is 30.3 Å². The Labute approximate surface area is 160 Å². The lowest BCUT2D eigenvalue weighted by atomic mass is 10.2. The van der Waals surface area contributed by atoms with Gasteiger partial charge in [-0.05, 0) is 36.8 Å². The monoisotopic (exact) mass is 385 g/mol. The SMILES string of the molecule is CCCCCOc1ccc(C(=O)Nc2nc3cc([N+](=O)[O-])ccc3s2)cc1. The quantitative estimate of drug-likeness (QED) is 0.333. The van der Waals surface area contributed by atoms with E-state index >= 15 is 0 Å². The van der Waals surface area contributed by atoms with E-state index in [0.717, 1.165) is 29.7 Å². The molecule has 0 aliphatic heterocycles. The summed E-state index contributed by atoms with van der Waals surface area (Å²) in [6.07, 6.45) is 3.28. The molecule has 1 amide bonds. The van der Waals surface area contributed by atoms with E-state index in [0.29, 0.717) is 22.8 Å². The van der Waals surface area contributed by atoms with Gasteiger partial charge in [-0.1, -0.05) is 31.1 Å². The van der Waals surface area contributed by atoms with Crippen LogP contribution in [0.3, 0.4) is 0 Å². The number of aromatic nitrogens is 1. The number of fused-ring (bicyclic) bond motifs is 1. The number of rotatable bonds is 8. The smallest absolute Gasteiger partial charge is 0.271 e. The second kappa shape index (κ2) is 8.59. The lowest BCUT2D eigenvalue weighted by Gasteiger charge is -2.06. The lowest BCUT2D eigenvalue weighted by molar-refractivity contribution is -0.384. The minimum absolute atomic E-state index is 0.0276. The van der Waals surface area contributed by atoms with Gasteiger partial charge in [-0.2, -0.15) is 0 Å². The number of benzene rings is 2. The van der Waals surface area contributed by atoms with Crippen molar-refractivity contribution in [3.63, 3.8) is 0 Å². The minimum Gasteiger partial charge on any atom is -0.494 e. The molecule has 0 unspecified atom stereocenters. The highest BCUT2D eigenvalue weighted by atomic mass is 32.1. The molecule has 0 bridgehead atoms. The van der Waals surface area contributed by atoms with Crippen LogP contribution >= 0.6 is 11.3 Å². The van der Waals surface area contributed by atoms with Crippen LogP contribution in [0.5, 0.6) is 5.75 Å². The van der Waals surface area contributed by atoms with Crippen molar-refractivity contribution in [3.05, 3.63) is 58.1 Å². The third-order valence-electron chi connectivity index (χ3n) is 3.94. The molecule has 140 valence electrons. The summed E-state index contributed by atoms with van der Waals surface area (Å²) in [5.74, 6) is 0.441. The molecule has 2 aromatic carbocycles. The third kappa shape index (κ3) is 4.79. The zero-order valence-corrected chi connectivity index (χ0v) is 15.6. The Morgan fingerprint density at radius 3 is 2.70 bits per heavy atom. The summed E-state index contributed by atoms with van der Waals surface area (Å²) in [4.78, 5) is 27.0. The largest absolute Gasteiger partial charge is 0.494 e. The molecule has 7 nitrogen and oxygen atoms in total. The second-order valence-electron chi connectivity index (χ2n) is 5.96. The maximum Gasteiger partial charge on any atom is 0.271 e. The second-order valence-corrected chi connectivity index (χ2v) is 6.99. The number of unbranched alkanes of at least 4 members (excludes halogenated alkanes) is 2. The summed E-state index contributed by atoms with van der Waals surface area (Å²) in [5, 5.41) is 14.0. The van der Waals surface area contributed by atoms with Crippen molar-refractivity contribution in [2.45, 2.75) is 26.2 Å². The van der Waals surface area contributed by atoms with Crippen LogP contribution in [-0.2, 0) is 0 Å². The van der Waals surface area contributed by atoms with Gasteiger partial charge < -0.3 is 4.74 Å². The summed E-state index contributed by atoms with van der Waals surface area (Å²) in [6.45, 7) is 2.80. The predicted molar refractivity (Wildman–Crippen MR) is 106 cm³/mol. The van der Waals surface area contributed by atoms with E-state index < -0.39 is 4.92 Å². The Kier molecular flexibility index (Phi) is 5.97. The van der Waals surface area contributed by atoms with Crippen LogP contribution in [-0.4, -0.2) is 22.4 Å². The van der Waals surface area contributed by atoms with Gasteiger partial charge in [0, 0.05) is 17.7 Å². The Hall–Kier alpha value is -3.00. The third-order valence-corrected chi connectivity index (χ3v) is 4.89. The number of anilines is 1. The van der Waals surface area contributed by atoms with Crippen LogP contribution < -0.4 is 10.1 Å². The summed E-state index contributed by atoms with van der Waals surface area (Å²) < 4.78 is 6.40. The van der Waals surface area contributed by atoms with E-state index in [1.165, 1.54) is 23.5 Å². The van der Waals surface area contributed by atoms with Crippen LogP contribution in [0.25, 0.3) is 10.2 Å². The maximum atomic E-state index is 12.4. The summed E-state index contributed by atoms with van der Waals surface area (Å²) in [5.41, 5.74) is 0.946. The predicted octanol–water partition coefficient (Wildman–Crippen LogP) is 5.03. The van der Waals surface area contributed by atoms with Crippen LogP contribution in [0, 0.1) is 10.1 Å². The average Bonchev–Trinajstić information content (AvgIpc) is 3.07. The van der Waals surface area contributed by atoms with Gasteiger partial charge in [0.1, 0.15) is 5.75 Å². The Morgan fingerprint density at radius 1 is 1.22 bits per heavy atom. The maximum absolute atomic E-state index is 12.4. The molecule has 0 saturated heterocycles. The van der Waals surface area contributed by atoms with Crippen molar-refractivity contribution < 1.29 is 14.5 Å². The van der Waals surface area contributed by atoms with Crippen molar-refractivity contribution in [1.82, 2.24) is 4.98 Å². The Morgan fingerprint density at radius 2 is 2.00 bits per heavy atom. The number of amides is 1. The fourth-order valence-corrected chi connectivity index (χ4v) is 3.34. The number of thiazole rings is 1. The van der Waals surface area contributed by atoms with E-state index in [2.05, 4.69) is 17.2 Å². The number of hydrogen-bond acceptors (Lipinski definition) is 6. The number of non-ortho nitro benzene ring substituents is 1. The molecule has 27 heavy (non-hydrogen) atoms. The molecule has 3 aromatic rings. The standard InChI is InChI=1S/C19H19N3O4S/c1-2-3-4-11-26-15-8-5-13(6-9-15)18(23)21-19-20-16-12-14(22(24)25)7-10-17(16)27-19/h5-10,12H,2-4,11H2,1H3,(H,20,21,23). The molecule has 0 atom stereocenters. The molecule has 8 heteroatoms. The highest BCUT2D eigenvalue weighted by Gasteiger charge is 2.13. The van der Waals surface area contributed by atoms with Crippen molar-refractivity contribution in [3.8, 4) is 5.75 Å². The van der Waals surface area contributed by atoms with Crippen LogP contribution in [0.15, 0.2) is 42.5 Å². The first-order chi connectivity index (χ1) is 13.1. The fourth-order valence-electron chi connectivity index (χ4n) is 2.50. The molecule has 1 aromatic heterocycles. The van der Waals surface area contributed by atoms with E-state index in [9.17, 15) is 14.9 Å². The average molecular weight is 385 g/mol. The first-order valence-corrected chi connectivity index (χ1v) is 9.47. The van der Waals surface area contributed by atoms with Gasteiger partial charge in [0.25, 0.3) is 11.6 Å². The normalized spacial score (nSPS) is 10.7. The molecule has 0 saturated carbocycles. The number of carbonyl (C=O) groups excluding carboxylic acids is 1. The highest BCUT2D eigenvalue weighted by Crippen LogP contribution is 2.29. The first-order valence-electron chi connectivity index (χ1n) is 8.66. The zero-order chi connectivity index (χ0) is 19.2.